The van der Waals surface area contributed by atoms with E-state index in [1.54, 1.807) is 6.92 Å². The average molecular weight is 252 g/mol. The Labute approximate surface area is 105 Å². The maximum Gasteiger partial charge on any atom is 0.361 e. The van der Waals surface area contributed by atoms with Gasteiger partial charge in [0, 0.05) is 6.54 Å². The minimum Gasteiger partial charge on any atom is -0.457 e. The molecule has 1 amide bonds. The van der Waals surface area contributed by atoms with Crippen LogP contribution in [0.15, 0.2) is 12.7 Å². The fourth-order valence-corrected chi connectivity index (χ4v) is 1.29. The van der Waals surface area contributed by atoms with E-state index in [9.17, 15) is 9.59 Å². The van der Waals surface area contributed by atoms with Gasteiger partial charge >= 0.3 is 5.97 Å². The largest absolute Gasteiger partial charge is 0.457 e. The summed E-state index contributed by atoms with van der Waals surface area (Å²) in [5.74, 6) is -0.758. The van der Waals surface area contributed by atoms with Gasteiger partial charge in [-0.3, -0.25) is 4.79 Å². The summed E-state index contributed by atoms with van der Waals surface area (Å²) in [6, 6.07) is 0. The molecule has 0 radical (unpaired) electrons. The lowest BCUT2D eigenvalue weighted by Gasteiger charge is -2.03. The molecule has 0 saturated carbocycles. The number of carbonyl (C=O) groups excluding carboxylic acids is 2. The van der Waals surface area contributed by atoms with E-state index in [1.165, 1.54) is 10.8 Å². The van der Waals surface area contributed by atoms with Crippen LogP contribution < -0.4 is 5.32 Å². The number of carbonyl (C=O) groups is 2. The van der Waals surface area contributed by atoms with Crippen molar-refractivity contribution < 1.29 is 14.3 Å². The van der Waals surface area contributed by atoms with Crippen LogP contribution in [-0.2, 0) is 16.1 Å². The molecule has 0 atom stereocenters. The topological polar surface area (TPSA) is 86.1 Å². The molecule has 0 aliphatic rings. The number of nitrogens with one attached hydrogen (secondary N) is 1. The van der Waals surface area contributed by atoms with Gasteiger partial charge in [-0.15, -0.1) is 5.10 Å². The van der Waals surface area contributed by atoms with Crippen molar-refractivity contribution in [1.82, 2.24) is 20.3 Å². The SMILES string of the molecule is C=CCOC(=O)c1nnn(CC(=O)NCC)c1C. The fourth-order valence-electron chi connectivity index (χ4n) is 1.29. The van der Waals surface area contributed by atoms with E-state index in [2.05, 4.69) is 22.2 Å². The summed E-state index contributed by atoms with van der Waals surface area (Å²) in [5, 5.41) is 10.1. The summed E-state index contributed by atoms with van der Waals surface area (Å²) >= 11 is 0. The first-order valence-electron chi connectivity index (χ1n) is 5.55. The van der Waals surface area contributed by atoms with Crippen LogP contribution in [0.25, 0.3) is 0 Å². The van der Waals surface area contributed by atoms with Crippen LogP contribution in [-0.4, -0.2) is 40.0 Å². The minimum atomic E-state index is -0.574. The van der Waals surface area contributed by atoms with Crippen LogP contribution >= 0.6 is 0 Å². The van der Waals surface area contributed by atoms with Crippen molar-refractivity contribution in [2.45, 2.75) is 20.4 Å². The van der Waals surface area contributed by atoms with Gasteiger partial charge in [0.05, 0.1) is 5.69 Å². The third-order valence-corrected chi connectivity index (χ3v) is 2.18. The number of esters is 1. The molecule has 0 aliphatic heterocycles. The molecule has 7 heteroatoms. The van der Waals surface area contributed by atoms with Crippen LogP contribution in [0.3, 0.4) is 0 Å². The molecule has 0 unspecified atom stereocenters. The number of rotatable bonds is 6. The highest BCUT2D eigenvalue weighted by Crippen LogP contribution is 2.05. The molecule has 1 N–H and O–H groups in total. The second kappa shape index (κ2) is 6.53. The van der Waals surface area contributed by atoms with E-state index in [0.717, 1.165) is 0 Å². The predicted octanol–water partition coefficient (Wildman–Crippen LogP) is 0.0654. The first-order valence-corrected chi connectivity index (χ1v) is 5.55. The number of likely N-dealkylation sites (N-methyl/N-ethyl adjacent to an activating group) is 1. The lowest BCUT2D eigenvalue weighted by Crippen LogP contribution is -2.28. The van der Waals surface area contributed by atoms with Crippen molar-refractivity contribution in [1.29, 1.82) is 0 Å². The smallest absolute Gasteiger partial charge is 0.361 e. The Bertz CT molecular complexity index is 453. The van der Waals surface area contributed by atoms with Gasteiger partial charge in [-0.25, -0.2) is 9.48 Å². The van der Waals surface area contributed by atoms with E-state index < -0.39 is 5.97 Å². The second-order valence-corrected chi connectivity index (χ2v) is 3.52. The molecule has 0 fully saturated rings. The molecule has 18 heavy (non-hydrogen) atoms. The highest BCUT2D eigenvalue weighted by Gasteiger charge is 2.18. The zero-order valence-electron chi connectivity index (χ0n) is 10.5. The molecule has 1 aromatic heterocycles. The van der Waals surface area contributed by atoms with Gasteiger partial charge in [-0.05, 0) is 13.8 Å². The number of aromatic nitrogens is 3. The van der Waals surface area contributed by atoms with Crippen LogP contribution in [0, 0.1) is 6.92 Å². The van der Waals surface area contributed by atoms with Crippen LogP contribution in [0.2, 0.25) is 0 Å². The van der Waals surface area contributed by atoms with E-state index in [1.807, 2.05) is 6.92 Å². The Balaban J connectivity index is 2.74. The Kier molecular flexibility index (Phi) is 5.04. The van der Waals surface area contributed by atoms with Crippen molar-refractivity contribution in [2.24, 2.45) is 0 Å². The summed E-state index contributed by atoms with van der Waals surface area (Å²) in [4.78, 5) is 22.9. The summed E-state index contributed by atoms with van der Waals surface area (Å²) in [7, 11) is 0. The van der Waals surface area contributed by atoms with E-state index in [-0.39, 0.29) is 24.8 Å². The second-order valence-electron chi connectivity index (χ2n) is 3.52. The summed E-state index contributed by atoms with van der Waals surface area (Å²) in [6.07, 6.45) is 1.46. The van der Waals surface area contributed by atoms with Gasteiger partial charge in [0.2, 0.25) is 5.91 Å². The zero-order valence-corrected chi connectivity index (χ0v) is 10.5. The standard InChI is InChI=1S/C11H16N4O3/c1-4-6-18-11(17)10-8(3)15(14-13-10)7-9(16)12-5-2/h4H,1,5-7H2,2-3H3,(H,12,16). The fraction of sp³-hybridized carbons (Fsp3) is 0.455. The molecular formula is C11H16N4O3. The lowest BCUT2D eigenvalue weighted by molar-refractivity contribution is -0.121. The minimum absolute atomic E-state index is 0.0292. The maximum absolute atomic E-state index is 11.6. The van der Waals surface area contributed by atoms with E-state index in [4.69, 9.17) is 4.74 Å². The van der Waals surface area contributed by atoms with Crippen molar-refractivity contribution in [2.75, 3.05) is 13.2 Å². The number of hydrogen-bond donors (Lipinski definition) is 1. The molecule has 0 aliphatic carbocycles. The number of nitrogens with zero attached hydrogens (tertiary/aromatic N) is 3. The van der Waals surface area contributed by atoms with Crippen molar-refractivity contribution in [3.05, 3.63) is 24.0 Å². The average Bonchev–Trinajstić information content (AvgIpc) is 2.68. The molecule has 1 heterocycles. The predicted molar refractivity (Wildman–Crippen MR) is 63.9 cm³/mol. The van der Waals surface area contributed by atoms with Crippen molar-refractivity contribution in [3.63, 3.8) is 0 Å². The first-order chi connectivity index (χ1) is 8.60. The molecule has 98 valence electrons. The molecule has 1 rings (SSSR count). The van der Waals surface area contributed by atoms with Gasteiger partial charge in [0.1, 0.15) is 13.2 Å². The van der Waals surface area contributed by atoms with Crippen LogP contribution in [0.5, 0.6) is 0 Å². The molecule has 0 aromatic carbocycles. The third kappa shape index (κ3) is 3.41. The Morgan fingerprint density at radius 1 is 1.56 bits per heavy atom. The summed E-state index contributed by atoms with van der Waals surface area (Å²) < 4.78 is 6.21. The molecule has 0 saturated heterocycles. The van der Waals surface area contributed by atoms with Gasteiger partial charge in [-0.2, -0.15) is 0 Å². The lowest BCUT2D eigenvalue weighted by atomic mass is 10.3. The molecule has 7 nitrogen and oxygen atoms in total. The van der Waals surface area contributed by atoms with Gasteiger partial charge < -0.3 is 10.1 Å². The highest BCUT2D eigenvalue weighted by atomic mass is 16.5. The van der Waals surface area contributed by atoms with Crippen LogP contribution in [0.4, 0.5) is 0 Å². The van der Waals surface area contributed by atoms with E-state index >= 15 is 0 Å². The molecular weight excluding hydrogens is 236 g/mol. The van der Waals surface area contributed by atoms with Crippen molar-refractivity contribution >= 4 is 11.9 Å². The quantitative estimate of drug-likeness (QED) is 0.571. The van der Waals surface area contributed by atoms with Gasteiger partial charge in [0.15, 0.2) is 5.69 Å². The normalized spacial score (nSPS) is 9.89. The summed E-state index contributed by atoms with van der Waals surface area (Å²) in [5.41, 5.74) is 0.608. The van der Waals surface area contributed by atoms with Crippen molar-refractivity contribution in [3.8, 4) is 0 Å². The molecule has 0 spiro atoms. The Morgan fingerprint density at radius 3 is 2.89 bits per heavy atom. The Hall–Kier alpha value is -2.18. The van der Waals surface area contributed by atoms with Crippen LogP contribution in [0.1, 0.15) is 23.1 Å². The Morgan fingerprint density at radius 2 is 2.28 bits per heavy atom. The monoisotopic (exact) mass is 252 g/mol. The first kappa shape index (κ1) is 13.9. The molecule has 0 bridgehead atoms. The number of hydrogen-bond acceptors (Lipinski definition) is 5. The maximum atomic E-state index is 11.6. The highest BCUT2D eigenvalue weighted by molar-refractivity contribution is 5.88. The molecule has 1 aromatic rings. The number of amides is 1. The van der Waals surface area contributed by atoms with E-state index in [0.29, 0.717) is 12.2 Å². The van der Waals surface area contributed by atoms with Gasteiger partial charge in [-0.1, -0.05) is 17.9 Å². The third-order valence-electron chi connectivity index (χ3n) is 2.18. The number of ether oxygens (including phenoxy) is 1. The zero-order chi connectivity index (χ0) is 13.5. The van der Waals surface area contributed by atoms with Gasteiger partial charge in [0.25, 0.3) is 0 Å². The summed E-state index contributed by atoms with van der Waals surface area (Å²) in [6.45, 7) is 7.61.